The molecule has 0 aliphatic heterocycles. The fraction of sp³-hybridized carbons (Fsp3) is 0.647. The molecule has 0 saturated heterocycles. The maximum absolute atomic E-state index is 12.7. The van der Waals surface area contributed by atoms with E-state index in [-0.39, 0.29) is 23.1 Å². The van der Waals surface area contributed by atoms with Gasteiger partial charge in [-0.3, -0.25) is 9.78 Å². The molecule has 1 aliphatic carbocycles. The van der Waals surface area contributed by atoms with Crippen molar-refractivity contribution >= 4 is 23.6 Å². The number of nitrogens with zero attached hydrogens (tertiary/aromatic N) is 3. The number of aromatic nitrogens is 2. The molecule has 1 aliphatic rings. The molecular weight excluding hydrogens is 344 g/mol. The van der Waals surface area contributed by atoms with Crippen LogP contribution >= 0.6 is 11.6 Å². The minimum absolute atomic E-state index is 0.0589. The summed E-state index contributed by atoms with van der Waals surface area (Å²) in [4.78, 5) is 33.8. The minimum atomic E-state index is -0.936. The molecule has 7 nitrogen and oxygen atoms in total. The zero-order valence-corrected chi connectivity index (χ0v) is 16.0. The van der Waals surface area contributed by atoms with Gasteiger partial charge in [0.15, 0.2) is 5.15 Å². The molecule has 1 saturated carbocycles. The summed E-state index contributed by atoms with van der Waals surface area (Å²) >= 11 is 6.06. The van der Waals surface area contributed by atoms with E-state index in [1.165, 1.54) is 17.3 Å². The molecule has 0 radical (unpaired) electrons. The molecule has 0 spiro atoms. The molecular formula is C17H25ClN4O3. The number of rotatable bonds is 4. The van der Waals surface area contributed by atoms with Gasteiger partial charge >= 0.3 is 6.09 Å². The molecule has 2 amide bonds. The molecule has 0 atom stereocenters. The van der Waals surface area contributed by atoms with Gasteiger partial charge in [-0.2, -0.15) is 0 Å². The van der Waals surface area contributed by atoms with Gasteiger partial charge in [0.05, 0.1) is 11.1 Å². The molecule has 0 bridgehead atoms. The summed E-state index contributed by atoms with van der Waals surface area (Å²) in [6, 6.07) is -0.151. The molecule has 0 unspecified atom stereocenters. The smallest absolute Gasteiger partial charge is 0.407 e. The van der Waals surface area contributed by atoms with Crippen molar-refractivity contribution in [2.45, 2.75) is 70.5 Å². The second kappa shape index (κ2) is 6.78. The first-order chi connectivity index (χ1) is 11.4. The number of amides is 2. The van der Waals surface area contributed by atoms with E-state index in [0.29, 0.717) is 18.5 Å². The third-order valence-electron chi connectivity index (χ3n) is 4.56. The van der Waals surface area contributed by atoms with Crippen molar-refractivity contribution < 1.29 is 14.7 Å². The van der Waals surface area contributed by atoms with Crippen molar-refractivity contribution in [1.82, 2.24) is 20.2 Å². The molecule has 0 aromatic carbocycles. The van der Waals surface area contributed by atoms with Crippen molar-refractivity contribution in [2.24, 2.45) is 0 Å². The van der Waals surface area contributed by atoms with Crippen LogP contribution in [0.5, 0.6) is 0 Å². The van der Waals surface area contributed by atoms with Gasteiger partial charge in [0.25, 0.3) is 0 Å². The minimum Gasteiger partial charge on any atom is -0.465 e. The molecule has 1 aromatic heterocycles. The van der Waals surface area contributed by atoms with Crippen LogP contribution in [-0.4, -0.2) is 49.6 Å². The Bertz CT molecular complexity index is 666. The molecule has 8 heteroatoms. The van der Waals surface area contributed by atoms with E-state index < -0.39 is 17.0 Å². The quantitative estimate of drug-likeness (QED) is 0.851. The number of hydrogen-bond donors (Lipinski definition) is 2. The zero-order chi connectivity index (χ0) is 19.0. The Hall–Kier alpha value is -1.89. The van der Waals surface area contributed by atoms with Crippen molar-refractivity contribution in [1.29, 1.82) is 0 Å². The van der Waals surface area contributed by atoms with Gasteiger partial charge in [-0.25, -0.2) is 9.78 Å². The Morgan fingerprint density at radius 1 is 1.20 bits per heavy atom. The Kier molecular flexibility index (Phi) is 5.27. The van der Waals surface area contributed by atoms with E-state index in [2.05, 4.69) is 15.3 Å². The second-order valence-corrected chi connectivity index (χ2v) is 8.30. The maximum Gasteiger partial charge on any atom is 0.407 e. The fourth-order valence-corrected chi connectivity index (χ4v) is 3.46. The highest BCUT2D eigenvalue weighted by atomic mass is 35.5. The third-order valence-corrected chi connectivity index (χ3v) is 4.83. The van der Waals surface area contributed by atoms with Crippen LogP contribution in [0.25, 0.3) is 0 Å². The molecule has 2 N–H and O–H groups in total. The van der Waals surface area contributed by atoms with Crippen LogP contribution in [0.4, 0.5) is 4.79 Å². The largest absolute Gasteiger partial charge is 0.465 e. The summed E-state index contributed by atoms with van der Waals surface area (Å²) in [6.07, 6.45) is 3.24. The topological polar surface area (TPSA) is 95.4 Å². The first-order valence-corrected chi connectivity index (χ1v) is 8.62. The third kappa shape index (κ3) is 4.03. The molecule has 1 heterocycles. The van der Waals surface area contributed by atoms with Gasteiger partial charge < -0.3 is 15.3 Å². The van der Waals surface area contributed by atoms with Crippen molar-refractivity contribution in [3.63, 3.8) is 0 Å². The first-order valence-electron chi connectivity index (χ1n) is 8.24. The SMILES string of the molecule is CC(C)(C(=O)N[C@H]1C[C@@H](N(C(=O)O)C(C)(C)C)C1)c1nccnc1Cl. The number of hydrogen-bond acceptors (Lipinski definition) is 4. The van der Waals surface area contributed by atoms with Crippen LogP contribution < -0.4 is 5.32 Å². The van der Waals surface area contributed by atoms with Crippen LogP contribution in [-0.2, 0) is 10.2 Å². The zero-order valence-electron chi connectivity index (χ0n) is 15.2. The average molecular weight is 369 g/mol. The van der Waals surface area contributed by atoms with Gasteiger partial charge in [0.1, 0.15) is 0 Å². The standard InChI is InChI=1S/C17H25ClN4O3/c1-16(2,3)22(15(24)25)11-8-10(9-11)21-14(23)17(4,5)12-13(18)20-7-6-19-12/h6-7,10-11H,8-9H2,1-5H3,(H,21,23)(H,24,25)/t10-,11+. The van der Waals surface area contributed by atoms with Gasteiger partial charge in [-0.15, -0.1) is 0 Å². The molecule has 138 valence electrons. The van der Waals surface area contributed by atoms with Gasteiger partial charge in [0, 0.05) is 30.0 Å². The van der Waals surface area contributed by atoms with E-state index >= 15 is 0 Å². The molecule has 1 fully saturated rings. The number of nitrogens with one attached hydrogen (secondary N) is 1. The van der Waals surface area contributed by atoms with Crippen molar-refractivity contribution in [2.75, 3.05) is 0 Å². The maximum atomic E-state index is 12.7. The second-order valence-electron chi connectivity index (χ2n) is 7.94. The lowest BCUT2D eigenvalue weighted by atomic mass is 9.81. The van der Waals surface area contributed by atoms with Gasteiger partial charge in [-0.05, 0) is 47.5 Å². The predicted molar refractivity (Wildman–Crippen MR) is 94.6 cm³/mol. The Morgan fingerprint density at radius 2 is 1.76 bits per heavy atom. The first kappa shape index (κ1) is 19.4. The normalized spacial score (nSPS) is 20.6. The van der Waals surface area contributed by atoms with Crippen molar-refractivity contribution in [3.8, 4) is 0 Å². The summed E-state index contributed by atoms with van der Waals surface area (Å²) in [5.74, 6) is -0.198. The average Bonchev–Trinajstić information content (AvgIpc) is 2.43. The van der Waals surface area contributed by atoms with E-state index in [9.17, 15) is 14.7 Å². The van der Waals surface area contributed by atoms with Crippen LogP contribution in [0.3, 0.4) is 0 Å². The summed E-state index contributed by atoms with van der Waals surface area (Å²) in [5.41, 5.74) is -0.975. The Labute approximate surface area is 152 Å². The number of halogens is 1. The van der Waals surface area contributed by atoms with Crippen LogP contribution in [0.15, 0.2) is 12.4 Å². The lowest BCUT2D eigenvalue weighted by Gasteiger charge is -2.47. The van der Waals surface area contributed by atoms with Gasteiger partial charge in [-0.1, -0.05) is 11.6 Å². The highest BCUT2D eigenvalue weighted by Gasteiger charge is 2.43. The number of carboxylic acid groups (broad SMARTS) is 1. The summed E-state index contributed by atoms with van der Waals surface area (Å²) < 4.78 is 0. The predicted octanol–water partition coefficient (Wildman–Crippen LogP) is 2.83. The van der Waals surface area contributed by atoms with Crippen LogP contribution in [0.1, 0.15) is 53.2 Å². The summed E-state index contributed by atoms with van der Waals surface area (Å²) in [7, 11) is 0. The van der Waals surface area contributed by atoms with E-state index in [1.807, 2.05) is 20.8 Å². The molecule has 25 heavy (non-hydrogen) atoms. The fourth-order valence-electron chi connectivity index (χ4n) is 3.12. The Balaban J connectivity index is 2.00. The number of carbonyl (C=O) groups is 2. The lowest BCUT2D eigenvalue weighted by molar-refractivity contribution is -0.127. The van der Waals surface area contributed by atoms with Crippen LogP contribution in [0, 0.1) is 0 Å². The van der Waals surface area contributed by atoms with Crippen molar-refractivity contribution in [3.05, 3.63) is 23.2 Å². The number of carbonyl (C=O) groups excluding carboxylic acids is 1. The monoisotopic (exact) mass is 368 g/mol. The van der Waals surface area contributed by atoms with E-state index in [4.69, 9.17) is 11.6 Å². The molecule has 2 rings (SSSR count). The van der Waals surface area contributed by atoms with Gasteiger partial charge in [0.2, 0.25) is 5.91 Å². The Morgan fingerprint density at radius 3 is 2.24 bits per heavy atom. The lowest BCUT2D eigenvalue weighted by Crippen LogP contribution is -2.61. The van der Waals surface area contributed by atoms with Crippen LogP contribution in [0.2, 0.25) is 5.15 Å². The van der Waals surface area contributed by atoms with E-state index in [0.717, 1.165) is 0 Å². The van der Waals surface area contributed by atoms with E-state index in [1.54, 1.807) is 13.8 Å². The summed E-state index contributed by atoms with van der Waals surface area (Å²) in [6.45, 7) is 9.09. The highest BCUT2D eigenvalue weighted by molar-refractivity contribution is 6.30. The summed E-state index contributed by atoms with van der Waals surface area (Å²) in [5, 5.41) is 12.6. The highest BCUT2D eigenvalue weighted by Crippen LogP contribution is 2.33. The molecule has 1 aromatic rings.